The molecule has 1 atom stereocenters. The van der Waals surface area contributed by atoms with Crippen LogP contribution in [-0.4, -0.2) is 35.9 Å². The van der Waals surface area contributed by atoms with Gasteiger partial charge in [-0.05, 0) is 54.4 Å². The monoisotopic (exact) mass is 565 g/mol. The van der Waals surface area contributed by atoms with Crippen molar-refractivity contribution >= 4 is 23.6 Å². The smallest absolute Gasteiger partial charge is 0.335 e. The van der Waals surface area contributed by atoms with Crippen LogP contribution in [0.5, 0.6) is 0 Å². The SMILES string of the molecule is CC(C)CC1(c2ccccc2)OC(=O)C2=C1CN(C(=O)NCc1ccccc1NC(=O)CCCc1ccccc1)CC2. The summed E-state index contributed by atoms with van der Waals surface area (Å²) in [4.78, 5) is 40.8. The molecule has 0 aromatic heterocycles. The Morgan fingerprint density at radius 2 is 1.64 bits per heavy atom. The van der Waals surface area contributed by atoms with Gasteiger partial charge in [0.25, 0.3) is 0 Å². The van der Waals surface area contributed by atoms with E-state index in [9.17, 15) is 14.4 Å². The van der Waals surface area contributed by atoms with Gasteiger partial charge in [0, 0.05) is 42.9 Å². The van der Waals surface area contributed by atoms with E-state index in [1.165, 1.54) is 5.56 Å². The number of ether oxygens (including phenoxy) is 1. The normalized spacial score (nSPS) is 18.1. The molecule has 5 rings (SSSR count). The summed E-state index contributed by atoms with van der Waals surface area (Å²) < 4.78 is 6.14. The molecule has 7 nitrogen and oxygen atoms in total. The zero-order valence-corrected chi connectivity index (χ0v) is 24.4. The maximum atomic E-state index is 13.4. The minimum atomic E-state index is -0.863. The van der Waals surface area contributed by atoms with E-state index in [4.69, 9.17) is 4.74 Å². The first-order chi connectivity index (χ1) is 20.4. The largest absolute Gasteiger partial charge is 0.446 e. The topological polar surface area (TPSA) is 87.7 Å². The van der Waals surface area contributed by atoms with Crippen LogP contribution in [-0.2, 0) is 32.9 Å². The Morgan fingerprint density at radius 1 is 0.952 bits per heavy atom. The highest BCUT2D eigenvalue weighted by atomic mass is 16.6. The van der Waals surface area contributed by atoms with Gasteiger partial charge < -0.3 is 20.3 Å². The number of urea groups is 1. The molecule has 3 amide bonds. The Balaban J connectivity index is 1.22. The molecule has 0 fully saturated rings. The van der Waals surface area contributed by atoms with Crippen molar-refractivity contribution in [1.29, 1.82) is 0 Å². The van der Waals surface area contributed by atoms with Crippen LogP contribution in [0.25, 0.3) is 0 Å². The Kier molecular flexibility index (Phi) is 9.06. The van der Waals surface area contributed by atoms with Gasteiger partial charge in [-0.1, -0.05) is 92.7 Å². The lowest BCUT2D eigenvalue weighted by atomic mass is 9.77. The number of nitrogens with zero attached hydrogens (tertiary/aromatic N) is 1. The summed E-state index contributed by atoms with van der Waals surface area (Å²) in [5.41, 5.74) is 4.40. The number of esters is 1. The van der Waals surface area contributed by atoms with Gasteiger partial charge in [-0.15, -0.1) is 0 Å². The average Bonchev–Trinajstić information content (AvgIpc) is 3.28. The number of hydrogen-bond donors (Lipinski definition) is 2. The molecular weight excluding hydrogens is 526 g/mol. The minimum Gasteiger partial charge on any atom is -0.446 e. The highest BCUT2D eigenvalue weighted by molar-refractivity contribution is 5.94. The molecule has 218 valence electrons. The van der Waals surface area contributed by atoms with Crippen molar-refractivity contribution < 1.29 is 19.1 Å². The van der Waals surface area contributed by atoms with E-state index in [0.29, 0.717) is 43.6 Å². The molecule has 2 aliphatic heterocycles. The van der Waals surface area contributed by atoms with Crippen molar-refractivity contribution in [2.24, 2.45) is 5.92 Å². The van der Waals surface area contributed by atoms with E-state index >= 15 is 0 Å². The van der Waals surface area contributed by atoms with Gasteiger partial charge in [0.15, 0.2) is 5.60 Å². The Bertz CT molecular complexity index is 1450. The van der Waals surface area contributed by atoms with Crippen LogP contribution in [0.15, 0.2) is 96.1 Å². The number of nitrogens with one attached hydrogen (secondary N) is 2. The summed E-state index contributed by atoms with van der Waals surface area (Å²) in [7, 11) is 0. The molecule has 0 bridgehead atoms. The first-order valence-electron chi connectivity index (χ1n) is 14.8. The zero-order valence-electron chi connectivity index (χ0n) is 24.4. The fourth-order valence-corrected chi connectivity index (χ4v) is 6.00. The van der Waals surface area contributed by atoms with Crippen molar-refractivity contribution in [3.63, 3.8) is 0 Å². The maximum Gasteiger partial charge on any atom is 0.335 e. The number of amides is 3. The molecule has 2 aliphatic rings. The van der Waals surface area contributed by atoms with Gasteiger partial charge in [-0.3, -0.25) is 4.79 Å². The first-order valence-corrected chi connectivity index (χ1v) is 14.8. The molecule has 1 unspecified atom stereocenters. The van der Waals surface area contributed by atoms with Crippen molar-refractivity contribution in [2.75, 3.05) is 18.4 Å². The second kappa shape index (κ2) is 13.1. The third-order valence-corrected chi connectivity index (χ3v) is 8.00. The van der Waals surface area contributed by atoms with Crippen molar-refractivity contribution in [1.82, 2.24) is 10.2 Å². The van der Waals surface area contributed by atoms with Gasteiger partial charge >= 0.3 is 12.0 Å². The van der Waals surface area contributed by atoms with Crippen molar-refractivity contribution in [3.05, 3.63) is 113 Å². The van der Waals surface area contributed by atoms with E-state index in [-0.39, 0.29) is 30.4 Å². The van der Waals surface area contributed by atoms with Crippen LogP contribution in [0.1, 0.15) is 56.2 Å². The molecule has 2 N–H and O–H groups in total. The van der Waals surface area contributed by atoms with Gasteiger partial charge in [0.05, 0.1) is 0 Å². The molecule has 0 spiro atoms. The predicted molar refractivity (Wildman–Crippen MR) is 164 cm³/mol. The number of cyclic esters (lactones) is 1. The molecule has 0 saturated carbocycles. The third kappa shape index (κ3) is 6.56. The van der Waals surface area contributed by atoms with E-state index in [1.54, 1.807) is 4.90 Å². The summed E-state index contributed by atoms with van der Waals surface area (Å²) in [5, 5.41) is 6.05. The van der Waals surface area contributed by atoms with Gasteiger partial charge in [0.1, 0.15) is 0 Å². The van der Waals surface area contributed by atoms with E-state index in [0.717, 1.165) is 29.5 Å². The average molecular weight is 566 g/mol. The molecule has 0 aliphatic carbocycles. The Labute approximate surface area is 248 Å². The summed E-state index contributed by atoms with van der Waals surface area (Å²) in [6, 6.07) is 27.3. The standard InChI is InChI=1S/C35H39N3O4/c1-25(2)22-35(28-16-7-4-8-17-28)30-24-38(21-20-29(30)33(40)42-35)34(41)36-23-27-15-9-10-18-31(27)37-32(39)19-11-14-26-12-5-3-6-13-26/h3-10,12-13,15-18,25H,11,14,19-24H2,1-2H3,(H,36,41)(H,37,39). The zero-order chi connectivity index (χ0) is 29.5. The fraction of sp³-hybridized carbons (Fsp3) is 0.343. The van der Waals surface area contributed by atoms with Crippen LogP contribution in [0, 0.1) is 5.92 Å². The number of para-hydroxylation sites is 1. The summed E-state index contributed by atoms with van der Waals surface area (Å²) in [6.07, 6.45) is 3.13. The van der Waals surface area contributed by atoms with Crippen LogP contribution in [0.3, 0.4) is 0 Å². The molecular formula is C35H39N3O4. The van der Waals surface area contributed by atoms with E-state index in [2.05, 4.69) is 36.6 Å². The molecule has 2 heterocycles. The Hall–Kier alpha value is -4.39. The lowest BCUT2D eigenvalue weighted by molar-refractivity contribution is -0.149. The lowest BCUT2D eigenvalue weighted by Crippen LogP contribution is -2.46. The summed E-state index contributed by atoms with van der Waals surface area (Å²) >= 11 is 0. The molecule has 0 radical (unpaired) electrons. The number of rotatable bonds is 10. The van der Waals surface area contributed by atoms with Crippen LogP contribution >= 0.6 is 0 Å². The lowest BCUT2D eigenvalue weighted by Gasteiger charge is -2.37. The quantitative estimate of drug-likeness (QED) is 0.280. The summed E-state index contributed by atoms with van der Waals surface area (Å²) in [5.74, 6) is -0.0457. The summed E-state index contributed by atoms with van der Waals surface area (Å²) in [6.45, 7) is 5.27. The highest BCUT2D eigenvalue weighted by Crippen LogP contribution is 2.48. The number of carbonyl (C=O) groups is 3. The van der Waals surface area contributed by atoms with Crippen LogP contribution in [0.4, 0.5) is 10.5 Å². The Morgan fingerprint density at radius 3 is 2.38 bits per heavy atom. The third-order valence-electron chi connectivity index (χ3n) is 8.00. The van der Waals surface area contributed by atoms with Gasteiger partial charge in [-0.2, -0.15) is 0 Å². The van der Waals surface area contributed by atoms with Gasteiger partial charge in [0.2, 0.25) is 5.91 Å². The highest BCUT2D eigenvalue weighted by Gasteiger charge is 2.50. The first kappa shape index (κ1) is 29.1. The molecule has 3 aromatic carbocycles. The second-order valence-electron chi connectivity index (χ2n) is 11.5. The van der Waals surface area contributed by atoms with Crippen LogP contribution in [0.2, 0.25) is 0 Å². The molecule has 42 heavy (non-hydrogen) atoms. The molecule has 3 aromatic rings. The van der Waals surface area contributed by atoms with Crippen molar-refractivity contribution in [3.8, 4) is 0 Å². The predicted octanol–water partition coefficient (Wildman–Crippen LogP) is 6.36. The number of aryl methyl sites for hydroxylation is 1. The second-order valence-corrected chi connectivity index (χ2v) is 11.5. The molecule has 7 heteroatoms. The van der Waals surface area contributed by atoms with Crippen LogP contribution < -0.4 is 10.6 Å². The fourth-order valence-electron chi connectivity index (χ4n) is 6.00. The van der Waals surface area contributed by atoms with Crippen molar-refractivity contribution in [2.45, 2.75) is 58.1 Å². The van der Waals surface area contributed by atoms with Gasteiger partial charge in [-0.25, -0.2) is 9.59 Å². The van der Waals surface area contributed by atoms with E-state index < -0.39 is 5.60 Å². The number of anilines is 1. The maximum absolute atomic E-state index is 13.4. The number of hydrogen-bond acceptors (Lipinski definition) is 4. The molecule has 0 saturated heterocycles. The minimum absolute atomic E-state index is 0.0477. The number of carbonyl (C=O) groups excluding carboxylic acids is 3. The van der Waals surface area contributed by atoms with E-state index in [1.807, 2.05) is 72.8 Å². The number of benzene rings is 3.